The summed E-state index contributed by atoms with van der Waals surface area (Å²) in [4.78, 5) is -0.327. The van der Waals surface area contributed by atoms with Crippen LogP contribution in [0.5, 0.6) is 0 Å². The lowest BCUT2D eigenvalue weighted by molar-refractivity contribution is 0.143. The number of aliphatic hydroxyl groups excluding tert-OH is 1. The van der Waals surface area contributed by atoms with E-state index in [1.54, 1.807) is 0 Å². The standard InChI is InChI=1S/C12H15F2NO3S/c13-10-4-3-9(7-11(10)14)19(17,18)15-6-5-12(16)8-1-2-8/h3-4,7-8,12,15-16H,1-2,5-6H2/t12-/m0/s1. The van der Waals surface area contributed by atoms with Crippen molar-refractivity contribution in [2.24, 2.45) is 5.92 Å². The largest absolute Gasteiger partial charge is 0.393 e. The Morgan fingerprint density at radius 3 is 2.58 bits per heavy atom. The van der Waals surface area contributed by atoms with E-state index in [2.05, 4.69) is 4.72 Å². The van der Waals surface area contributed by atoms with E-state index in [0.717, 1.165) is 25.0 Å². The fourth-order valence-electron chi connectivity index (χ4n) is 1.79. The maximum absolute atomic E-state index is 13.0. The molecule has 0 heterocycles. The van der Waals surface area contributed by atoms with Gasteiger partial charge in [0.2, 0.25) is 10.0 Å². The SMILES string of the molecule is O=S(=O)(NCC[C@H](O)C1CC1)c1ccc(F)c(F)c1. The highest BCUT2D eigenvalue weighted by Crippen LogP contribution is 2.33. The molecule has 7 heteroatoms. The summed E-state index contributed by atoms with van der Waals surface area (Å²) in [6.45, 7) is 0.0684. The maximum Gasteiger partial charge on any atom is 0.240 e. The molecule has 1 fully saturated rings. The fourth-order valence-corrected chi connectivity index (χ4v) is 2.84. The van der Waals surface area contributed by atoms with Crippen LogP contribution in [0.4, 0.5) is 8.78 Å². The highest BCUT2D eigenvalue weighted by Gasteiger charge is 2.29. The van der Waals surface area contributed by atoms with Gasteiger partial charge >= 0.3 is 0 Å². The van der Waals surface area contributed by atoms with Gasteiger partial charge in [-0.2, -0.15) is 0 Å². The average Bonchev–Trinajstić information content (AvgIpc) is 3.16. The number of halogens is 2. The number of aliphatic hydroxyl groups is 1. The molecule has 1 aromatic rings. The summed E-state index contributed by atoms with van der Waals surface area (Å²) in [5.41, 5.74) is 0. The minimum atomic E-state index is -3.87. The molecule has 0 amide bonds. The smallest absolute Gasteiger partial charge is 0.240 e. The molecule has 1 saturated carbocycles. The van der Waals surface area contributed by atoms with Crippen molar-refractivity contribution in [2.45, 2.75) is 30.3 Å². The van der Waals surface area contributed by atoms with Crippen molar-refractivity contribution in [3.63, 3.8) is 0 Å². The van der Waals surface area contributed by atoms with Gasteiger partial charge < -0.3 is 5.11 Å². The molecule has 2 N–H and O–H groups in total. The van der Waals surface area contributed by atoms with Crippen LogP contribution in [0, 0.1) is 17.6 Å². The van der Waals surface area contributed by atoms with E-state index in [1.165, 1.54) is 0 Å². The molecule has 0 aliphatic heterocycles. The first kappa shape index (κ1) is 14.4. The van der Waals surface area contributed by atoms with Crippen LogP contribution in [-0.4, -0.2) is 26.2 Å². The van der Waals surface area contributed by atoms with E-state index in [1.807, 2.05) is 0 Å². The van der Waals surface area contributed by atoms with Crippen LogP contribution < -0.4 is 4.72 Å². The topological polar surface area (TPSA) is 66.4 Å². The minimum Gasteiger partial charge on any atom is -0.393 e. The summed E-state index contributed by atoms with van der Waals surface area (Å²) in [5, 5.41) is 9.59. The summed E-state index contributed by atoms with van der Waals surface area (Å²) < 4.78 is 51.5. The molecule has 0 aromatic heterocycles. The predicted octanol–water partition coefficient (Wildman–Crippen LogP) is 1.40. The molecule has 1 aliphatic rings. The Morgan fingerprint density at radius 1 is 1.32 bits per heavy atom. The molecule has 0 unspecified atom stereocenters. The van der Waals surface area contributed by atoms with Gasteiger partial charge in [0.1, 0.15) is 0 Å². The van der Waals surface area contributed by atoms with Gasteiger partial charge in [0.25, 0.3) is 0 Å². The summed E-state index contributed by atoms with van der Waals surface area (Å²) in [6, 6.07) is 2.40. The summed E-state index contributed by atoms with van der Waals surface area (Å²) in [7, 11) is -3.87. The van der Waals surface area contributed by atoms with Crippen molar-refractivity contribution in [3.8, 4) is 0 Å². The van der Waals surface area contributed by atoms with Crippen molar-refractivity contribution in [3.05, 3.63) is 29.8 Å². The zero-order chi connectivity index (χ0) is 14.0. The Morgan fingerprint density at radius 2 is 2.00 bits per heavy atom. The van der Waals surface area contributed by atoms with Crippen LogP contribution in [0.25, 0.3) is 0 Å². The number of nitrogens with one attached hydrogen (secondary N) is 1. The second-order valence-corrected chi connectivity index (χ2v) is 6.43. The lowest BCUT2D eigenvalue weighted by atomic mass is 10.2. The van der Waals surface area contributed by atoms with Crippen LogP contribution in [0.1, 0.15) is 19.3 Å². The van der Waals surface area contributed by atoms with Gasteiger partial charge in [-0.15, -0.1) is 0 Å². The van der Waals surface area contributed by atoms with Crippen LogP contribution in [0.2, 0.25) is 0 Å². The van der Waals surface area contributed by atoms with Crippen molar-refractivity contribution in [2.75, 3.05) is 6.54 Å². The molecule has 1 aromatic carbocycles. The molecule has 106 valence electrons. The van der Waals surface area contributed by atoms with Crippen LogP contribution >= 0.6 is 0 Å². The highest BCUT2D eigenvalue weighted by molar-refractivity contribution is 7.89. The normalized spacial score (nSPS) is 17.4. The molecule has 0 spiro atoms. The van der Waals surface area contributed by atoms with Crippen molar-refractivity contribution >= 4 is 10.0 Å². The fraction of sp³-hybridized carbons (Fsp3) is 0.500. The second-order valence-electron chi connectivity index (χ2n) is 4.67. The van der Waals surface area contributed by atoms with Gasteiger partial charge in [-0.25, -0.2) is 21.9 Å². The highest BCUT2D eigenvalue weighted by atomic mass is 32.2. The average molecular weight is 291 g/mol. The first-order chi connectivity index (χ1) is 8.90. The molecule has 0 bridgehead atoms. The van der Waals surface area contributed by atoms with E-state index in [4.69, 9.17) is 0 Å². The first-order valence-electron chi connectivity index (χ1n) is 6.03. The molecule has 1 atom stereocenters. The zero-order valence-electron chi connectivity index (χ0n) is 10.1. The third-order valence-electron chi connectivity index (χ3n) is 3.10. The van der Waals surface area contributed by atoms with Crippen LogP contribution in [-0.2, 0) is 10.0 Å². The Labute approximate surface area is 110 Å². The Bertz CT molecular complexity index is 558. The third kappa shape index (κ3) is 3.71. The van der Waals surface area contributed by atoms with E-state index in [-0.39, 0.29) is 17.4 Å². The molecule has 2 rings (SSSR count). The summed E-state index contributed by atoms with van der Waals surface area (Å²) in [5.74, 6) is -2.03. The van der Waals surface area contributed by atoms with E-state index >= 15 is 0 Å². The van der Waals surface area contributed by atoms with Gasteiger partial charge in [-0.3, -0.25) is 0 Å². The molecule has 0 saturated heterocycles. The predicted molar refractivity (Wildman–Crippen MR) is 64.9 cm³/mol. The minimum absolute atomic E-state index is 0.0684. The Balaban J connectivity index is 1.95. The molecule has 1 aliphatic carbocycles. The van der Waals surface area contributed by atoms with Crippen LogP contribution in [0.15, 0.2) is 23.1 Å². The number of rotatable bonds is 6. The Hall–Kier alpha value is -1.05. The summed E-state index contributed by atoms with van der Waals surface area (Å²) in [6.07, 6.45) is 1.74. The number of hydrogen-bond donors (Lipinski definition) is 2. The number of sulfonamides is 1. The quantitative estimate of drug-likeness (QED) is 0.832. The Kier molecular flexibility index (Phi) is 4.17. The number of hydrogen-bond acceptors (Lipinski definition) is 3. The number of benzene rings is 1. The van der Waals surface area contributed by atoms with Crippen molar-refractivity contribution in [1.29, 1.82) is 0 Å². The lowest BCUT2D eigenvalue weighted by Gasteiger charge is -2.10. The zero-order valence-corrected chi connectivity index (χ0v) is 11.0. The van der Waals surface area contributed by atoms with Gasteiger partial charge in [0.15, 0.2) is 11.6 Å². The molecule has 0 radical (unpaired) electrons. The second kappa shape index (κ2) is 5.52. The van der Waals surface area contributed by atoms with Gasteiger partial charge in [0, 0.05) is 6.54 Å². The molecular weight excluding hydrogens is 276 g/mol. The summed E-state index contributed by atoms with van der Waals surface area (Å²) >= 11 is 0. The van der Waals surface area contributed by atoms with E-state index < -0.39 is 27.8 Å². The van der Waals surface area contributed by atoms with Crippen molar-refractivity contribution in [1.82, 2.24) is 4.72 Å². The van der Waals surface area contributed by atoms with E-state index in [0.29, 0.717) is 12.5 Å². The lowest BCUT2D eigenvalue weighted by Crippen LogP contribution is -2.28. The third-order valence-corrected chi connectivity index (χ3v) is 4.56. The van der Waals surface area contributed by atoms with Crippen LogP contribution in [0.3, 0.4) is 0 Å². The van der Waals surface area contributed by atoms with Gasteiger partial charge in [0.05, 0.1) is 11.0 Å². The monoisotopic (exact) mass is 291 g/mol. The van der Waals surface area contributed by atoms with Crippen molar-refractivity contribution < 1.29 is 22.3 Å². The maximum atomic E-state index is 13.0. The van der Waals surface area contributed by atoms with Gasteiger partial charge in [-0.1, -0.05) is 0 Å². The first-order valence-corrected chi connectivity index (χ1v) is 7.51. The molecule has 19 heavy (non-hydrogen) atoms. The molecular formula is C12H15F2NO3S. The van der Waals surface area contributed by atoms with E-state index in [9.17, 15) is 22.3 Å². The molecule has 4 nitrogen and oxygen atoms in total. The van der Waals surface area contributed by atoms with Gasteiger partial charge in [-0.05, 0) is 43.4 Å².